The first-order valence-corrected chi connectivity index (χ1v) is 9.74. The van der Waals surface area contributed by atoms with E-state index in [2.05, 4.69) is 34.7 Å². The Bertz CT molecular complexity index is 863. The zero-order chi connectivity index (χ0) is 20.3. The number of pyridine rings is 1. The molecule has 1 heterocycles. The number of nitrogen functional groups attached to an aromatic ring is 1. The predicted molar refractivity (Wildman–Crippen MR) is 112 cm³/mol. The number of nitrogens with zero attached hydrogens (tertiary/aromatic N) is 1. The lowest BCUT2D eigenvalue weighted by atomic mass is 9.70. The van der Waals surface area contributed by atoms with E-state index in [4.69, 9.17) is 5.73 Å². The van der Waals surface area contributed by atoms with Crippen LogP contribution in [0.25, 0.3) is 0 Å². The molecule has 1 amide bonds. The van der Waals surface area contributed by atoms with Gasteiger partial charge in [-0.25, -0.2) is 4.98 Å². The molecule has 28 heavy (non-hydrogen) atoms. The normalized spacial score (nSPS) is 21.8. The van der Waals surface area contributed by atoms with Crippen LogP contribution in [-0.4, -0.2) is 23.7 Å². The number of rotatable bonds is 5. The Morgan fingerprint density at radius 3 is 2.50 bits per heavy atom. The highest BCUT2D eigenvalue weighted by Gasteiger charge is 2.37. The second kappa shape index (κ2) is 8.42. The number of aryl methyl sites for hydroxylation is 1. The van der Waals surface area contributed by atoms with Crippen molar-refractivity contribution in [1.29, 1.82) is 0 Å². The van der Waals surface area contributed by atoms with E-state index in [1.54, 1.807) is 6.07 Å². The molecule has 3 rings (SSSR count). The van der Waals surface area contributed by atoms with Crippen LogP contribution in [0.1, 0.15) is 43.2 Å². The van der Waals surface area contributed by atoms with E-state index in [0.717, 1.165) is 36.1 Å². The first-order chi connectivity index (χ1) is 13.4. The van der Waals surface area contributed by atoms with Gasteiger partial charge < -0.3 is 16.4 Å². The van der Waals surface area contributed by atoms with Crippen LogP contribution >= 0.6 is 0 Å². The van der Waals surface area contributed by atoms with Crippen molar-refractivity contribution in [2.24, 2.45) is 11.8 Å². The SMILES string of the molecule is CNc1ccc([C@@H]2CC[C@@H](C)CC2C(=O)C(=O)Nc2cnc(N)c(C)c2)cc1. The average Bonchev–Trinajstić information content (AvgIpc) is 2.70. The van der Waals surface area contributed by atoms with Gasteiger partial charge in [0.1, 0.15) is 5.82 Å². The van der Waals surface area contributed by atoms with Gasteiger partial charge in [-0.3, -0.25) is 9.59 Å². The Morgan fingerprint density at radius 2 is 1.86 bits per heavy atom. The van der Waals surface area contributed by atoms with Crippen LogP contribution in [0.15, 0.2) is 36.5 Å². The molecule has 6 nitrogen and oxygen atoms in total. The summed E-state index contributed by atoms with van der Waals surface area (Å²) >= 11 is 0. The van der Waals surface area contributed by atoms with Crippen LogP contribution in [-0.2, 0) is 9.59 Å². The molecule has 0 bridgehead atoms. The standard InChI is InChI=1S/C22H28N4O2/c1-13-4-9-18(15-5-7-16(24-3)8-6-15)19(10-13)20(27)22(28)26-17-11-14(2)21(23)25-12-17/h5-8,11-13,18-19,24H,4,9-10H2,1-3H3,(H2,23,25)(H,26,28)/t13-,18+,19?/m1/s1. The molecule has 1 aliphatic carbocycles. The lowest BCUT2D eigenvalue weighted by Crippen LogP contribution is -2.36. The number of hydrogen-bond acceptors (Lipinski definition) is 5. The summed E-state index contributed by atoms with van der Waals surface area (Å²) in [6, 6.07) is 9.86. The van der Waals surface area contributed by atoms with Gasteiger partial charge in [0, 0.05) is 18.7 Å². The van der Waals surface area contributed by atoms with Gasteiger partial charge in [0.15, 0.2) is 0 Å². The van der Waals surface area contributed by atoms with E-state index in [-0.39, 0.29) is 17.6 Å². The quantitative estimate of drug-likeness (QED) is 0.687. The molecule has 6 heteroatoms. The molecule has 2 aromatic rings. The molecule has 1 aromatic carbocycles. The van der Waals surface area contributed by atoms with Gasteiger partial charge in [0.25, 0.3) is 5.91 Å². The number of nitrogens with one attached hydrogen (secondary N) is 2. The van der Waals surface area contributed by atoms with E-state index in [1.807, 2.05) is 26.1 Å². The first kappa shape index (κ1) is 19.9. The summed E-state index contributed by atoms with van der Waals surface area (Å²) in [6.45, 7) is 3.96. The summed E-state index contributed by atoms with van der Waals surface area (Å²) in [5.41, 5.74) is 9.11. The number of hydrogen-bond donors (Lipinski definition) is 3. The minimum absolute atomic E-state index is 0.0617. The maximum atomic E-state index is 13.0. The van der Waals surface area contributed by atoms with Crippen LogP contribution in [0.3, 0.4) is 0 Å². The van der Waals surface area contributed by atoms with E-state index in [1.165, 1.54) is 6.20 Å². The van der Waals surface area contributed by atoms with E-state index in [9.17, 15) is 9.59 Å². The summed E-state index contributed by atoms with van der Waals surface area (Å²) < 4.78 is 0. The summed E-state index contributed by atoms with van der Waals surface area (Å²) in [6.07, 6.45) is 4.17. The number of carbonyl (C=O) groups excluding carboxylic acids is 2. The molecule has 1 unspecified atom stereocenters. The smallest absolute Gasteiger partial charge is 0.292 e. The molecule has 0 aliphatic heterocycles. The molecule has 0 saturated heterocycles. The lowest BCUT2D eigenvalue weighted by molar-refractivity contribution is -0.138. The number of anilines is 3. The van der Waals surface area contributed by atoms with E-state index < -0.39 is 5.91 Å². The minimum Gasteiger partial charge on any atom is -0.388 e. The molecule has 1 aromatic heterocycles. The fourth-order valence-corrected chi connectivity index (χ4v) is 3.98. The van der Waals surface area contributed by atoms with Crippen molar-refractivity contribution >= 4 is 28.9 Å². The highest BCUT2D eigenvalue weighted by Crippen LogP contribution is 2.41. The Hall–Kier alpha value is -2.89. The molecule has 1 aliphatic rings. The Morgan fingerprint density at radius 1 is 1.14 bits per heavy atom. The van der Waals surface area contributed by atoms with Crippen LogP contribution in [0.5, 0.6) is 0 Å². The number of aromatic nitrogens is 1. The van der Waals surface area contributed by atoms with Crippen LogP contribution in [0.4, 0.5) is 17.2 Å². The molecular formula is C22H28N4O2. The summed E-state index contributed by atoms with van der Waals surface area (Å²) in [5, 5.41) is 5.80. The molecule has 3 atom stereocenters. The molecule has 4 N–H and O–H groups in total. The minimum atomic E-state index is -0.582. The largest absolute Gasteiger partial charge is 0.388 e. The highest BCUT2D eigenvalue weighted by molar-refractivity contribution is 6.41. The van der Waals surface area contributed by atoms with Gasteiger partial charge in [-0.1, -0.05) is 25.5 Å². The average molecular weight is 380 g/mol. The van der Waals surface area contributed by atoms with Gasteiger partial charge in [-0.05, 0) is 60.9 Å². The van der Waals surface area contributed by atoms with E-state index >= 15 is 0 Å². The third kappa shape index (κ3) is 4.32. The molecule has 0 radical (unpaired) electrons. The number of amides is 1. The van der Waals surface area contributed by atoms with Crippen molar-refractivity contribution in [3.8, 4) is 0 Å². The van der Waals surface area contributed by atoms with Crippen molar-refractivity contribution in [2.45, 2.75) is 39.0 Å². The van der Waals surface area contributed by atoms with Crippen molar-refractivity contribution in [1.82, 2.24) is 4.98 Å². The van der Waals surface area contributed by atoms with Gasteiger partial charge in [-0.2, -0.15) is 0 Å². The Labute approximate surface area is 165 Å². The van der Waals surface area contributed by atoms with Crippen molar-refractivity contribution < 1.29 is 9.59 Å². The van der Waals surface area contributed by atoms with Gasteiger partial charge in [0.2, 0.25) is 5.78 Å². The predicted octanol–water partition coefficient (Wildman–Crippen LogP) is 3.74. The van der Waals surface area contributed by atoms with Crippen molar-refractivity contribution in [3.05, 3.63) is 47.7 Å². The number of nitrogens with two attached hydrogens (primary N) is 1. The van der Waals surface area contributed by atoms with Gasteiger partial charge in [-0.15, -0.1) is 0 Å². The van der Waals surface area contributed by atoms with Crippen LogP contribution in [0, 0.1) is 18.8 Å². The molecule has 1 fully saturated rings. The molecular weight excluding hydrogens is 352 g/mol. The van der Waals surface area contributed by atoms with E-state index in [0.29, 0.717) is 17.4 Å². The monoisotopic (exact) mass is 380 g/mol. The fraction of sp³-hybridized carbons (Fsp3) is 0.409. The summed E-state index contributed by atoms with van der Waals surface area (Å²) in [5.74, 6) is -0.352. The second-order valence-electron chi connectivity index (χ2n) is 7.75. The Kier molecular flexibility index (Phi) is 5.97. The third-order valence-corrected chi connectivity index (χ3v) is 5.68. The fourth-order valence-electron chi connectivity index (χ4n) is 3.98. The Balaban J connectivity index is 1.78. The zero-order valence-electron chi connectivity index (χ0n) is 16.7. The topological polar surface area (TPSA) is 97.1 Å². The maximum Gasteiger partial charge on any atom is 0.292 e. The number of Topliss-reactive ketones (excluding diaryl/α,β-unsaturated/α-hetero) is 1. The van der Waals surface area contributed by atoms with Gasteiger partial charge >= 0.3 is 0 Å². The first-order valence-electron chi connectivity index (χ1n) is 9.74. The number of benzene rings is 1. The summed E-state index contributed by atoms with van der Waals surface area (Å²) in [7, 11) is 1.88. The van der Waals surface area contributed by atoms with Crippen LogP contribution in [0.2, 0.25) is 0 Å². The van der Waals surface area contributed by atoms with Crippen LogP contribution < -0.4 is 16.4 Å². The lowest BCUT2D eigenvalue weighted by Gasteiger charge is -2.34. The molecule has 0 spiro atoms. The maximum absolute atomic E-state index is 13.0. The third-order valence-electron chi connectivity index (χ3n) is 5.68. The molecule has 1 saturated carbocycles. The highest BCUT2D eigenvalue weighted by atomic mass is 16.2. The zero-order valence-corrected chi connectivity index (χ0v) is 16.7. The number of carbonyl (C=O) groups is 2. The second-order valence-corrected chi connectivity index (χ2v) is 7.75. The summed E-state index contributed by atoms with van der Waals surface area (Å²) in [4.78, 5) is 29.7. The number of ketones is 1. The molecule has 148 valence electrons. The van der Waals surface area contributed by atoms with Crippen molar-refractivity contribution in [2.75, 3.05) is 23.4 Å². The van der Waals surface area contributed by atoms with Gasteiger partial charge in [0.05, 0.1) is 11.9 Å². The van der Waals surface area contributed by atoms with Crippen molar-refractivity contribution in [3.63, 3.8) is 0 Å².